The Morgan fingerprint density at radius 3 is 2.48 bits per heavy atom. The molecule has 1 fully saturated rings. The Morgan fingerprint density at radius 2 is 1.78 bits per heavy atom. The first-order valence-electron chi connectivity index (χ1n) is 8.76. The van der Waals surface area contributed by atoms with Gasteiger partial charge >= 0.3 is 0 Å². The van der Waals surface area contributed by atoms with Gasteiger partial charge in [0.15, 0.2) is 0 Å². The van der Waals surface area contributed by atoms with Crippen LogP contribution in [0.3, 0.4) is 0 Å². The molecular weight excluding hydrogens is 391 g/mol. The van der Waals surface area contributed by atoms with Crippen LogP contribution in [0, 0.1) is 5.82 Å². The summed E-state index contributed by atoms with van der Waals surface area (Å²) in [5, 5.41) is 0.575. The summed E-state index contributed by atoms with van der Waals surface area (Å²) in [6.07, 6.45) is 0. The zero-order valence-corrected chi connectivity index (χ0v) is 16.4. The summed E-state index contributed by atoms with van der Waals surface area (Å²) in [6, 6.07) is 13.0. The molecule has 0 bridgehead atoms. The second kappa shape index (κ2) is 9.01. The summed E-state index contributed by atoms with van der Waals surface area (Å²) in [6.45, 7) is 3.29. The molecule has 1 saturated heterocycles. The second-order valence-electron chi connectivity index (χ2n) is 6.41. The van der Waals surface area contributed by atoms with Gasteiger partial charge in [0.1, 0.15) is 18.2 Å². The average molecular weight is 413 g/mol. The summed E-state index contributed by atoms with van der Waals surface area (Å²) < 4.78 is 45.5. The van der Waals surface area contributed by atoms with Crippen LogP contribution in [-0.4, -0.2) is 57.0 Å². The predicted molar refractivity (Wildman–Crippen MR) is 104 cm³/mol. The molecule has 1 aliphatic rings. The van der Waals surface area contributed by atoms with Gasteiger partial charge < -0.3 is 4.74 Å². The Labute approximate surface area is 164 Å². The highest BCUT2D eigenvalue weighted by Gasteiger charge is 2.27. The van der Waals surface area contributed by atoms with Gasteiger partial charge in [-0.15, -0.1) is 0 Å². The zero-order chi connectivity index (χ0) is 19.3. The molecule has 1 aliphatic heterocycles. The number of hydrogen-bond acceptors (Lipinski definition) is 4. The molecule has 2 aromatic rings. The molecular formula is C19H22ClFN2O3S. The number of piperazine rings is 1. The molecule has 1 heterocycles. The summed E-state index contributed by atoms with van der Waals surface area (Å²) in [5.41, 5.74) is 0.463. The molecule has 27 heavy (non-hydrogen) atoms. The van der Waals surface area contributed by atoms with Crippen LogP contribution in [0.1, 0.15) is 5.56 Å². The number of nitrogens with zero attached hydrogens (tertiary/aromatic N) is 2. The van der Waals surface area contributed by atoms with Gasteiger partial charge in [0.25, 0.3) is 0 Å². The lowest BCUT2D eigenvalue weighted by molar-refractivity contribution is 0.159. The van der Waals surface area contributed by atoms with Gasteiger partial charge in [0.2, 0.25) is 10.0 Å². The van der Waals surface area contributed by atoms with E-state index in [0.717, 1.165) is 0 Å². The lowest BCUT2D eigenvalue weighted by Crippen LogP contribution is -2.49. The van der Waals surface area contributed by atoms with Crippen molar-refractivity contribution in [1.82, 2.24) is 9.21 Å². The van der Waals surface area contributed by atoms with E-state index in [2.05, 4.69) is 4.90 Å². The molecule has 3 rings (SSSR count). The first kappa shape index (κ1) is 20.1. The lowest BCUT2D eigenvalue weighted by Gasteiger charge is -2.33. The number of hydrogen-bond donors (Lipinski definition) is 0. The summed E-state index contributed by atoms with van der Waals surface area (Å²) in [4.78, 5) is 2.16. The van der Waals surface area contributed by atoms with E-state index in [1.807, 2.05) is 18.2 Å². The van der Waals surface area contributed by atoms with E-state index in [1.54, 1.807) is 12.1 Å². The van der Waals surface area contributed by atoms with E-state index in [4.69, 9.17) is 16.3 Å². The molecule has 8 heteroatoms. The van der Waals surface area contributed by atoms with E-state index in [0.29, 0.717) is 55.7 Å². The average Bonchev–Trinajstić information content (AvgIpc) is 2.63. The second-order valence-corrected chi connectivity index (χ2v) is 8.78. The van der Waals surface area contributed by atoms with Crippen molar-refractivity contribution in [3.63, 3.8) is 0 Å². The molecule has 146 valence electrons. The smallest absolute Gasteiger partial charge is 0.218 e. The fraction of sp³-hybridized carbons (Fsp3) is 0.368. The third kappa shape index (κ3) is 5.65. The molecule has 0 aromatic heterocycles. The van der Waals surface area contributed by atoms with Crippen LogP contribution < -0.4 is 4.74 Å². The van der Waals surface area contributed by atoms with E-state index in [1.165, 1.54) is 22.5 Å². The van der Waals surface area contributed by atoms with Crippen molar-refractivity contribution in [1.29, 1.82) is 0 Å². The fourth-order valence-corrected chi connectivity index (χ4v) is 4.70. The highest BCUT2D eigenvalue weighted by atomic mass is 35.5. The number of halogens is 2. The standard InChI is InChI=1S/C19H22ClFN2O3S/c20-18-6-1-2-7-19(18)26-13-12-22-8-10-23(11-9-22)27(24,25)15-16-4-3-5-17(21)14-16/h1-7,14H,8-13,15H2. The number of sulfonamides is 1. The van der Waals surface area contributed by atoms with Crippen molar-refractivity contribution in [2.24, 2.45) is 0 Å². The Kier molecular flexibility index (Phi) is 6.70. The van der Waals surface area contributed by atoms with Gasteiger partial charge in [-0.05, 0) is 29.8 Å². The monoisotopic (exact) mass is 412 g/mol. The number of ether oxygens (including phenoxy) is 1. The van der Waals surface area contributed by atoms with Crippen LogP contribution in [0.5, 0.6) is 5.75 Å². The molecule has 2 aromatic carbocycles. The van der Waals surface area contributed by atoms with Crippen molar-refractivity contribution in [3.05, 3.63) is 64.9 Å². The van der Waals surface area contributed by atoms with Gasteiger partial charge in [-0.3, -0.25) is 4.90 Å². The van der Waals surface area contributed by atoms with Gasteiger partial charge in [-0.2, -0.15) is 4.31 Å². The Balaban J connectivity index is 1.46. The highest BCUT2D eigenvalue weighted by molar-refractivity contribution is 7.88. The molecule has 0 atom stereocenters. The minimum atomic E-state index is -3.45. The van der Waals surface area contributed by atoms with Crippen molar-refractivity contribution in [3.8, 4) is 5.75 Å². The largest absolute Gasteiger partial charge is 0.491 e. The SMILES string of the molecule is O=S(=O)(Cc1cccc(F)c1)N1CCN(CCOc2ccccc2Cl)CC1. The van der Waals surface area contributed by atoms with Crippen LogP contribution in [0.25, 0.3) is 0 Å². The third-order valence-corrected chi connectivity index (χ3v) is 6.63. The molecule has 0 unspecified atom stereocenters. The maximum atomic E-state index is 13.3. The Bertz CT molecular complexity index is 871. The minimum Gasteiger partial charge on any atom is -0.491 e. The van der Waals surface area contributed by atoms with Gasteiger partial charge in [0, 0.05) is 32.7 Å². The normalized spacial score (nSPS) is 16.4. The van der Waals surface area contributed by atoms with E-state index >= 15 is 0 Å². The number of benzene rings is 2. The van der Waals surface area contributed by atoms with Crippen molar-refractivity contribution in [2.75, 3.05) is 39.3 Å². The fourth-order valence-electron chi connectivity index (χ4n) is 3.01. The minimum absolute atomic E-state index is 0.180. The molecule has 0 radical (unpaired) electrons. The molecule has 5 nitrogen and oxygen atoms in total. The van der Waals surface area contributed by atoms with Crippen LogP contribution in [0.15, 0.2) is 48.5 Å². The molecule has 0 amide bonds. The Morgan fingerprint density at radius 1 is 1.04 bits per heavy atom. The van der Waals surface area contributed by atoms with Crippen molar-refractivity contribution >= 4 is 21.6 Å². The molecule has 0 aliphatic carbocycles. The molecule has 0 spiro atoms. The van der Waals surface area contributed by atoms with Gasteiger partial charge in [-0.25, -0.2) is 12.8 Å². The maximum Gasteiger partial charge on any atom is 0.218 e. The summed E-state index contributed by atoms with van der Waals surface area (Å²) in [7, 11) is -3.45. The topological polar surface area (TPSA) is 49.9 Å². The third-order valence-electron chi connectivity index (χ3n) is 4.46. The summed E-state index contributed by atoms with van der Waals surface area (Å²) in [5.74, 6) is 0.0434. The number of para-hydroxylation sites is 1. The molecule has 0 saturated carbocycles. The van der Waals surface area contributed by atoms with Crippen LogP contribution in [-0.2, 0) is 15.8 Å². The highest BCUT2D eigenvalue weighted by Crippen LogP contribution is 2.23. The van der Waals surface area contributed by atoms with E-state index < -0.39 is 15.8 Å². The Hall–Kier alpha value is -1.67. The first-order valence-corrected chi connectivity index (χ1v) is 10.7. The van der Waals surface area contributed by atoms with Gasteiger partial charge in [-0.1, -0.05) is 35.9 Å². The van der Waals surface area contributed by atoms with Crippen molar-refractivity contribution in [2.45, 2.75) is 5.75 Å². The summed E-state index contributed by atoms with van der Waals surface area (Å²) >= 11 is 6.06. The van der Waals surface area contributed by atoms with E-state index in [9.17, 15) is 12.8 Å². The van der Waals surface area contributed by atoms with Crippen LogP contribution in [0.4, 0.5) is 4.39 Å². The van der Waals surface area contributed by atoms with Gasteiger partial charge in [0.05, 0.1) is 10.8 Å². The lowest BCUT2D eigenvalue weighted by atomic mass is 10.2. The number of rotatable bonds is 7. The van der Waals surface area contributed by atoms with Crippen LogP contribution >= 0.6 is 11.6 Å². The van der Waals surface area contributed by atoms with Crippen LogP contribution in [0.2, 0.25) is 5.02 Å². The van der Waals surface area contributed by atoms with E-state index in [-0.39, 0.29) is 5.75 Å². The zero-order valence-electron chi connectivity index (χ0n) is 14.9. The molecule has 0 N–H and O–H groups in total. The maximum absolute atomic E-state index is 13.3. The first-order chi connectivity index (χ1) is 12.9. The quantitative estimate of drug-likeness (QED) is 0.701. The predicted octanol–water partition coefficient (Wildman–Crippen LogP) is 3.01. The van der Waals surface area contributed by atoms with Crippen molar-refractivity contribution < 1.29 is 17.5 Å².